The van der Waals surface area contributed by atoms with Crippen LogP contribution in [0.25, 0.3) is 21.9 Å². The molecule has 1 nitrogen and oxygen atoms in total. The molecule has 19 heavy (non-hydrogen) atoms. The predicted octanol–water partition coefficient (Wildman–Crippen LogP) is 4.77. The Hall–Kier alpha value is -2.28. The largest absolute Gasteiger partial charge is 0.507 e. The molecule has 0 aliphatic rings. The number of phenols is 1. The van der Waals surface area contributed by atoms with Gasteiger partial charge in [0.15, 0.2) is 0 Å². The van der Waals surface area contributed by atoms with E-state index in [0.29, 0.717) is 5.75 Å². The molecule has 1 N–H and O–H groups in total. The second kappa shape index (κ2) is 4.77. The molecule has 0 unspecified atom stereocenters. The second-order valence-electron chi connectivity index (χ2n) is 4.69. The molecule has 0 spiro atoms. The molecule has 0 bridgehead atoms. The zero-order valence-electron chi connectivity index (χ0n) is 10.9. The Balaban J connectivity index is 2.37. The Bertz CT molecular complexity index is 714. The molecule has 0 atom stereocenters. The Kier molecular flexibility index (Phi) is 2.96. The van der Waals surface area contributed by atoms with Gasteiger partial charge in [0.25, 0.3) is 0 Å². The quantitative estimate of drug-likeness (QED) is 0.692. The first-order valence-electron chi connectivity index (χ1n) is 6.60. The molecule has 3 rings (SSSR count). The minimum absolute atomic E-state index is 0.353. The Morgan fingerprint density at radius 2 is 1.47 bits per heavy atom. The average molecular weight is 248 g/mol. The smallest absolute Gasteiger partial charge is 0.124 e. The topological polar surface area (TPSA) is 20.2 Å². The molecule has 3 aromatic carbocycles. The monoisotopic (exact) mass is 248 g/mol. The predicted molar refractivity (Wildman–Crippen MR) is 80.4 cm³/mol. The molecule has 0 aliphatic heterocycles. The van der Waals surface area contributed by atoms with Crippen LogP contribution in [0.4, 0.5) is 0 Å². The minimum Gasteiger partial charge on any atom is -0.507 e. The molecular formula is C18H16O. The van der Waals surface area contributed by atoms with Gasteiger partial charge in [0.2, 0.25) is 0 Å². The lowest BCUT2D eigenvalue weighted by Crippen LogP contribution is -1.90. The number of fused-ring (bicyclic) bond motifs is 1. The SMILES string of the molecule is CCc1c(-c2ccccc2)cc(O)c2ccccc12. The summed E-state index contributed by atoms with van der Waals surface area (Å²) in [5.41, 5.74) is 3.57. The number of rotatable bonds is 2. The van der Waals surface area contributed by atoms with Crippen LogP contribution in [0.3, 0.4) is 0 Å². The third kappa shape index (κ3) is 1.97. The Morgan fingerprint density at radius 1 is 0.842 bits per heavy atom. The highest BCUT2D eigenvalue weighted by molar-refractivity contribution is 5.96. The lowest BCUT2D eigenvalue weighted by molar-refractivity contribution is 0.482. The molecule has 0 radical (unpaired) electrons. The van der Waals surface area contributed by atoms with Gasteiger partial charge in [-0.15, -0.1) is 0 Å². The van der Waals surface area contributed by atoms with Crippen LogP contribution in [-0.4, -0.2) is 5.11 Å². The molecule has 0 aliphatic carbocycles. The van der Waals surface area contributed by atoms with Crippen molar-refractivity contribution in [1.82, 2.24) is 0 Å². The molecule has 0 saturated carbocycles. The summed E-state index contributed by atoms with van der Waals surface area (Å²) in [5.74, 6) is 0.353. The third-order valence-electron chi connectivity index (χ3n) is 3.57. The first-order valence-corrected chi connectivity index (χ1v) is 6.60. The van der Waals surface area contributed by atoms with E-state index in [0.717, 1.165) is 28.3 Å². The highest BCUT2D eigenvalue weighted by Crippen LogP contribution is 2.36. The Labute approximate surface area is 113 Å². The Morgan fingerprint density at radius 3 is 2.16 bits per heavy atom. The van der Waals surface area contributed by atoms with Crippen LogP contribution >= 0.6 is 0 Å². The molecule has 0 fully saturated rings. The van der Waals surface area contributed by atoms with E-state index in [2.05, 4.69) is 25.1 Å². The van der Waals surface area contributed by atoms with Crippen LogP contribution in [-0.2, 0) is 6.42 Å². The van der Waals surface area contributed by atoms with Crippen molar-refractivity contribution in [2.45, 2.75) is 13.3 Å². The number of aromatic hydroxyl groups is 1. The van der Waals surface area contributed by atoms with Crippen LogP contribution in [0.1, 0.15) is 12.5 Å². The first kappa shape index (κ1) is 11.8. The number of hydrogen-bond donors (Lipinski definition) is 1. The van der Waals surface area contributed by atoms with E-state index in [1.165, 1.54) is 5.56 Å². The maximum Gasteiger partial charge on any atom is 0.124 e. The van der Waals surface area contributed by atoms with Crippen LogP contribution in [0.5, 0.6) is 5.75 Å². The summed E-state index contributed by atoms with van der Waals surface area (Å²) < 4.78 is 0. The van der Waals surface area contributed by atoms with Gasteiger partial charge in [-0.1, -0.05) is 61.5 Å². The van der Waals surface area contributed by atoms with Gasteiger partial charge < -0.3 is 5.11 Å². The maximum absolute atomic E-state index is 10.2. The summed E-state index contributed by atoms with van der Waals surface area (Å²) in [6.45, 7) is 2.16. The highest BCUT2D eigenvalue weighted by atomic mass is 16.3. The van der Waals surface area contributed by atoms with E-state index >= 15 is 0 Å². The molecule has 94 valence electrons. The van der Waals surface area contributed by atoms with E-state index in [1.807, 2.05) is 42.5 Å². The highest BCUT2D eigenvalue weighted by Gasteiger charge is 2.11. The first-order chi connectivity index (χ1) is 9.31. The number of aryl methyl sites for hydroxylation is 1. The molecule has 0 amide bonds. The normalized spacial score (nSPS) is 10.8. The summed E-state index contributed by atoms with van der Waals surface area (Å²) in [7, 11) is 0. The van der Waals surface area contributed by atoms with Gasteiger partial charge in [-0.25, -0.2) is 0 Å². The molecule has 0 heterocycles. The fourth-order valence-electron chi connectivity index (χ4n) is 2.67. The summed E-state index contributed by atoms with van der Waals surface area (Å²) in [5, 5.41) is 12.3. The fourth-order valence-corrected chi connectivity index (χ4v) is 2.67. The summed E-state index contributed by atoms with van der Waals surface area (Å²) in [4.78, 5) is 0. The van der Waals surface area contributed by atoms with Crippen molar-refractivity contribution in [1.29, 1.82) is 0 Å². The van der Waals surface area contributed by atoms with Gasteiger partial charge in [0, 0.05) is 5.39 Å². The van der Waals surface area contributed by atoms with Gasteiger partial charge in [0.05, 0.1) is 0 Å². The zero-order chi connectivity index (χ0) is 13.2. The molecular weight excluding hydrogens is 232 g/mol. The van der Waals surface area contributed by atoms with Crippen molar-refractivity contribution in [3.8, 4) is 16.9 Å². The summed E-state index contributed by atoms with van der Waals surface area (Å²) in [6, 6.07) is 20.2. The van der Waals surface area contributed by atoms with Gasteiger partial charge >= 0.3 is 0 Å². The van der Waals surface area contributed by atoms with Crippen molar-refractivity contribution in [3.63, 3.8) is 0 Å². The third-order valence-corrected chi connectivity index (χ3v) is 3.57. The number of phenolic OH excluding ortho intramolecular Hbond substituents is 1. The van der Waals surface area contributed by atoms with E-state index in [-0.39, 0.29) is 0 Å². The van der Waals surface area contributed by atoms with E-state index < -0.39 is 0 Å². The molecule has 1 heteroatoms. The minimum atomic E-state index is 0.353. The van der Waals surface area contributed by atoms with Gasteiger partial charge in [-0.3, -0.25) is 0 Å². The van der Waals surface area contributed by atoms with Crippen molar-refractivity contribution < 1.29 is 5.11 Å². The average Bonchev–Trinajstić information content (AvgIpc) is 2.48. The fraction of sp³-hybridized carbons (Fsp3) is 0.111. The molecule has 3 aromatic rings. The summed E-state index contributed by atoms with van der Waals surface area (Å²) in [6.07, 6.45) is 0.949. The number of hydrogen-bond acceptors (Lipinski definition) is 1. The van der Waals surface area contributed by atoms with Gasteiger partial charge in [0.1, 0.15) is 5.75 Å². The standard InChI is InChI=1S/C18H16O/c1-2-14-15-10-6-7-11-16(15)18(19)12-17(14)13-8-4-3-5-9-13/h3-12,19H,2H2,1H3. The van der Waals surface area contributed by atoms with Crippen LogP contribution < -0.4 is 0 Å². The van der Waals surface area contributed by atoms with Crippen LogP contribution in [0.15, 0.2) is 60.7 Å². The van der Waals surface area contributed by atoms with Crippen LogP contribution in [0, 0.1) is 0 Å². The van der Waals surface area contributed by atoms with Crippen molar-refractivity contribution in [3.05, 3.63) is 66.2 Å². The van der Waals surface area contributed by atoms with E-state index in [1.54, 1.807) is 0 Å². The molecule has 0 aromatic heterocycles. The maximum atomic E-state index is 10.2. The zero-order valence-corrected chi connectivity index (χ0v) is 10.9. The summed E-state index contributed by atoms with van der Waals surface area (Å²) >= 11 is 0. The van der Waals surface area contributed by atoms with Crippen LogP contribution in [0.2, 0.25) is 0 Å². The lowest BCUT2D eigenvalue weighted by Gasteiger charge is -2.13. The van der Waals surface area contributed by atoms with Crippen molar-refractivity contribution >= 4 is 10.8 Å². The van der Waals surface area contributed by atoms with Crippen molar-refractivity contribution in [2.75, 3.05) is 0 Å². The van der Waals surface area contributed by atoms with E-state index in [4.69, 9.17) is 0 Å². The molecule has 0 saturated heterocycles. The lowest BCUT2D eigenvalue weighted by atomic mass is 9.92. The number of benzene rings is 3. The van der Waals surface area contributed by atoms with E-state index in [9.17, 15) is 5.11 Å². The second-order valence-corrected chi connectivity index (χ2v) is 4.69. The van der Waals surface area contributed by atoms with Gasteiger partial charge in [-0.2, -0.15) is 0 Å². The van der Waals surface area contributed by atoms with Crippen molar-refractivity contribution in [2.24, 2.45) is 0 Å². The van der Waals surface area contributed by atoms with Gasteiger partial charge in [-0.05, 0) is 34.6 Å².